The van der Waals surface area contributed by atoms with Crippen LogP contribution in [0.15, 0.2) is 36.1 Å². The maximum Gasteiger partial charge on any atom is 0.280 e. The van der Waals surface area contributed by atoms with Gasteiger partial charge in [0, 0.05) is 29.5 Å². The summed E-state index contributed by atoms with van der Waals surface area (Å²) in [6.07, 6.45) is 4.95. The third kappa shape index (κ3) is 2.69. The van der Waals surface area contributed by atoms with Gasteiger partial charge in [-0.15, -0.1) is 11.3 Å². The Morgan fingerprint density at radius 2 is 2.15 bits per heavy atom. The summed E-state index contributed by atoms with van der Waals surface area (Å²) in [6.45, 7) is 0.274. The third-order valence-electron chi connectivity index (χ3n) is 2.51. The number of thiazole rings is 1. The molecule has 0 aliphatic carbocycles. The van der Waals surface area contributed by atoms with Crippen LogP contribution in [0.2, 0.25) is 0 Å². The lowest BCUT2D eigenvalue weighted by atomic mass is 10.2. The van der Waals surface area contributed by atoms with Crippen molar-refractivity contribution in [3.8, 4) is 11.4 Å². The van der Waals surface area contributed by atoms with Crippen LogP contribution in [-0.2, 0) is 6.54 Å². The molecule has 0 saturated carbocycles. The maximum absolute atomic E-state index is 11.7. The first-order valence-corrected chi connectivity index (χ1v) is 6.70. The molecule has 3 aromatic heterocycles. The Morgan fingerprint density at radius 3 is 2.90 bits per heavy atom. The SMILES string of the molecule is O=C(NCc1nc(-c2ccncc2)n[nH]1)c1nccs1. The molecule has 0 aliphatic rings. The van der Waals surface area contributed by atoms with Gasteiger partial charge in [0.2, 0.25) is 0 Å². The van der Waals surface area contributed by atoms with Gasteiger partial charge in [-0.2, -0.15) is 5.10 Å². The molecule has 0 aliphatic heterocycles. The van der Waals surface area contributed by atoms with Gasteiger partial charge in [-0.3, -0.25) is 14.9 Å². The molecule has 3 rings (SSSR count). The highest BCUT2D eigenvalue weighted by atomic mass is 32.1. The Balaban J connectivity index is 1.65. The van der Waals surface area contributed by atoms with Crippen LogP contribution in [0.3, 0.4) is 0 Å². The largest absolute Gasteiger partial charge is 0.343 e. The molecule has 7 nitrogen and oxygen atoms in total. The van der Waals surface area contributed by atoms with E-state index in [0.717, 1.165) is 5.56 Å². The van der Waals surface area contributed by atoms with Crippen LogP contribution < -0.4 is 5.32 Å². The van der Waals surface area contributed by atoms with Crippen molar-refractivity contribution < 1.29 is 4.79 Å². The zero-order chi connectivity index (χ0) is 13.8. The highest BCUT2D eigenvalue weighted by Gasteiger charge is 2.10. The Hall–Kier alpha value is -2.61. The first kappa shape index (κ1) is 12.4. The first-order chi connectivity index (χ1) is 9.83. The summed E-state index contributed by atoms with van der Waals surface area (Å²) in [7, 11) is 0. The molecular formula is C12H10N6OS. The summed E-state index contributed by atoms with van der Waals surface area (Å²) >= 11 is 1.29. The predicted octanol–water partition coefficient (Wildman–Crippen LogP) is 1.25. The number of H-pyrrole nitrogens is 1. The van der Waals surface area contributed by atoms with E-state index in [1.54, 1.807) is 24.0 Å². The fraction of sp³-hybridized carbons (Fsp3) is 0.0833. The van der Waals surface area contributed by atoms with E-state index in [9.17, 15) is 4.79 Å². The first-order valence-electron chi connectivity index (χ1n) is 5.82. The van der Waals surface area contributed by atoms with Gasteiger partial charge in [0.05, 0.1) is 6.54 Å². The molecule has 100 valence electrons. The fourth-order valence-electron chi connectivity index (χ4n) is 1.58. The number of amides is 1. The molecule has 0 fully saturated rings. The molecule has 20 heavy (non-hydrogen) atoms. The molecule has 3 aromatic rings. The monoisotopic (exact) mass is 286 g/mol. The molecule has 8 heteroatoms. The molecular weight excluding hydrogens is 276 g/mol. The molecule has 0 unspecified atom stereocenters. The van der Waals surface area contributed by atoms with Crippen LogP contribution >= 0.6 is 11.3 Å². The molecule has 0 radical (unpaired) electrons. The van der Waals surface area contributed by atoms with E-state index in [1.165, 1.54) is 11.3 Å². The number of nitrogens with zero attached hydrogens (tertiary/aromatic N) is 4. The number of carbonyl (C=O) groups excluding carboxylic acids is 1. The highest BCUT2D eigenvalue weighted by Crippen LogP contribution is 2.12. The highest BCUT2D eigenvalue weighted by molar-refractivity contribution is 7.11. The molecule has 0 atom stereocenters. The second kappa shape index (κ2) is 5.57. The van der Waals surface area contributed by atoms with Gasteiger partial charge in [-0.25, -0.2) is 9.97 Å². The van der Waals surface area contributed by atoms with Crippen LogP contribution in [0.1, 0.15) is 15.6 Å². The summed E-state index contributed by atoms with van der Waals surface area (Å²) in [5, 5.41) is 11.8. The topological polar surface area (TPSA) is 96.5 Å². The lowest BCUT2D eigenvalue weighted by Crippen LogP contribution is -2.23. The quantitative estimate of drug-likeness (QED) is 0.752. The van der Waals surface area contributed by atoms with Gasteiger partial charge in [-0.1, -0.05) is 0 Å². The fourth-order valence-corrected chi connectivity index (χ4v) is 2.13. The number of aromatic nitrogens is 5. The average molecular weight is 286 g/mol. The molecule has 0 bridgehead atoms. The molecule has 2 N–H and O–H groups in total. The lowest BCUT2D eigenvalue weighted by molar-refractivity contribution is 0.0949. The second-order valence-corrected chi connectivity index (χ2v) is 4.76. The molecule has 3 heterocycles. The lowest BCUT2D eigenvalue weighted by Gasteiger charge is -1.98. The third-order valence-corrected chi connectivity index (χ3v) is 3.29. The number of pyridine rings is 1. The van der Waals surface area contributed by atoms with Crippen LogP contribution in [0.4, 0.5) is 0 Å². The summed E-state index contributed by atoms with van der Waals surface area (Å²) in [5.41, 5.74) is 0.869. The van der Waals surface area contributed by atoms with Crippen molar-refractivity contribution in [3.63, 3.8) is 0 Å². The second-order valence-electron chi connectivity index (χ2n) is 3.86. The van der Waals surface area contributed by atoms with Gasteiger partial charge in [0.1, 0.15) is 5.82 Å². The van der Waals surface area contributed by atoms with Crippen molar-refractivity contribution in [2.45, 2.75) is 6.54 Å². The maximum atomic E-state index is 11.7. The summed E-state index contributed by atoms with van der Waals surface area (Å²) < 4.78 is 0. The van der Waals surface area contributed by atoms with Crippen molar-refractivity contribution in [2.75, 3.05) is 0 Å². The van der Waals surface area contributed by atoms with Crippen molar-refractivity contribution in [3.05, 3.63) is 46.9 Å². The molecule has 0 spiro atoms. The van der Waals surface area contributed by atoms with Gasteiger partial charge in [0.15, 0.2) is 10.8 Å². The summed E-state index contributed by atoms with van der Waals surface area (Å²) in [4.78, 5) is 23.9. The van der Waals surface area contributed by atoms with Crippen molar-refractivity contribution in [2.24, 2.45) is 0 Å². The van der Waals surface area contributed by atoms with E-state index < -0.39 is 0 Å². The molecule has 0 saturated heterocycles. The van der Waals surface area contributed by atoms with Crippen LogP contribution in [0, 0.1) is 0 Å². The zero-order valence-corrected chi connectivity index (χ0v) is 11.1. The van der Waals surface area contributed by atoms with Crippen molar-refractivity contribution >= 4 is 17.2 Å². The standard InChI is InChI=1S/C12H10N6OS/c19-11(12-14-5-6-20-12)15-7-9-16-10(18-17-9)8-1-3-13-4-2-8/h1-6H,7H2,(H,15,19)(H,16,17,18). The number of carbonyl (C=O) groups is 1. The van der Waals surface area contributed by atoms with E-state index >= 15 is 0 Å². The Labute approximate surface area is 118 Å². The van der Waals surface area contributed by atoms with Crippen molar-refractivity contribution in [1.29, 1.82) is 0 Å². The average Bonchev–Trinajstić information content (AvgIpc) is 3.17. The Bertz CT molecular complexity index is 694. The smallest absolute Gasteiger partial charge is 0.280 e. The normalized spacial score (nSPS) is 10.4. The van der Waals surface area contributed by atoms with Gasteiger partial charge >= 0.3 is 0 Å². The van der Waals surface area contributed by atoms with E-state index in [-0.39, 0.29) is 12.5 Å². The van der Waals surface area contributed by atoms with Crippen LogP contribution in [-0.4, -0.2) is 31.1 Å². The van der Waals surface area contributed by atoms with Crippen LogP contribution in [0.5, 0.6) is 0 Å². The summed E-state index contributed by atoms with van der Waals surface area (Å²) in [5.74, 6) is 0.939. The Morgan fingerprint density at radius 1 is 1.30 bits per heavy atom. The number of hydrogen-bond donors (Lipinski definition) is 2. The van der Waals surface area contributed by atoms with Gasteiger partial charge in [-0.05, 0) is 12.1 Å². The minimum atomic E-state index is -0.220. The molecule has 0 aromatic carbocycles. The zero-order valence-electron chi connectivity index (χ0n) is 10.3. The number of nitrogens with one attached hydrogen (secondary N) is 2. The van der Waals surface area contributed by atoms with E-state index in [0.29, 0.717) is 16.7 Å². The van der Waals surface area contributed by atoms with E-state index in [2.05, 4.69) is 30.5 Å². The van der Waals surface area contributed by atoms with E-state index in [4.69, 9.17) is 0 Å². The van der Waals surface area contributed by atoms with E-state index in [1.807, 2.05) is 12.1 Å². The van der Waals surface area contributed by atoms with Crippen molar-refractivity contribution in [1.82, 2.24) is 30.5 Å². The van der Waals surface area contributed by atoms with Crippen LogP contribution in [0.25, 0.3) is 11.4 Å². The Kier molecular flexibility index (Phi) is 3.46. The van der Waals surface area contributed by atoms with Gasteiger partial charge < -0.3 is 5.32 Å². The minimum absolute atomic E-state index is 0.220. The predicted molar refractivity (Wildman–Crippen MR) is 72.9 cm³/mol. The summed E-state index contributed by atoms with van der Waals surface area (Å²) in [6, 6.07) is 3.64. The van der Waals surface area contributed by atoms with Gasteiger partial charge in [0.25, 0.3) is 5.91 Å². The number of rotatable bonds is 4. The minimum Gasteiger partial charge on any atom is -0.343 e. The number of aromatic amines is 1. The molecule has 1 amide bonds. The number of hydrogen-bond acceptors (Lipinski definition) is 6.